The van der Waals surface area contributed by atoms with Crippen molar-refractivity contribution in [3.8, 4) is 17.1 Å². The zero-order chi connectivity index (χ0) is 23.6. The van der Waals surface area contributed by atoms with Gasteiger partial charge in [0, 0.05) is 24.4 Å². The van der Waals surface area contributed by atoms with Crippen molar-refractivity contribution in [1.82, 2.24) is 18.7 Å². The summed E-state index contributed by atoms with van der Waals surface area (Å²) in [4.78, 5) is 31.3. The molecule has 9 heteroatoms. The van der Waals surface area contributed by atoms with Gasteiger partial charge in [-0.1, -0.05) is 33.5 Å². The number of benzene rings is 1. The number of fused-ring (bicyclic) bond motifs is 1. The molecule has 0 radical (unpaired) electrons. The Morgan fingerprint density at radius 1 is 1.00 bits per heavy atom. The molecule has 0 aliphatic rings. The molecule has 2 aromatic heterocycles. The third kappa shape index (κ3) is 4.58. The second-order valence-electron chi connectivity index (χ2n) is 9.28. The fraction of sp³-hybridized carbons (Fsp3) is 0.522. The highest BCUT2D eigenvalue weighted by atomic mass is 28.3. The highest BCUT2D eigenvalue weighted by Crippen LogP contribution is 2.25. The minimum absolute atomic E-state index is 0.0621. The number of phenolic OH excluding ortho intramolecular Hbond substituents is 1. The number of aromatic nitrogens is 4. The van der Waals surface area contributed by atoms with Crippen LogP contribution < -0.4 is 11.2 Å². The van der Waals surface area contributed by atoms with Gasteiger partial charge in [-0.15, -0.1) is 0 Å². The Morgan fingerprint density at radius 2 is 1.59 bits per heavy atom. The molecule has 0 aliphatic heterocycles. The van der Waals surface area contributed by atoms with Crippen LogP contribution >= 0.6 is 0 Å². The SMILES string of the molecule is CCCn1c(=O)c2c(nc(-c3ccc(O)cc3)n2COC(C)[Si](C)(C)C)n(CCC)c1=O. The maximum absolute atomic E-state index is 13.5. The minimum Gasteiger partial charge on any atom is -0.508 e. The van der Waals surface area contributed by atoms with E-state index in [9.17, 15) is 14.7 Å². The molecule has 174 valence electrons. The summed E-state index contributed by atoms with van der Waals surface area (Å²) in [5, 5.41) is 9.72. The molecular formula is C23H34N4O4Si. The number of aromatic hydroxyl groups is 1. The molecule has 0 amide bonds. The van der Waals surface area contributed by atoms with Gasteiger partial charge in [0.25, 0.3) is 5.56 Å². The molecule has 1 atom stereocenters. The summed E-state index contributed by atoms with van der Waals surface area (Å²) >= 11 is 0. The summed E-state index contributed by atoms with van der Waals surface area (Å²) in [5.74, 6) is 0.687. The average molecular weight is 459 g/mol. The lowest BCUT2D eigenvalue weighted by atomic mass is 10.2. The van der Waals surface area contributed by atoms with Crippen molar-refractivity contribution in [3.63, 3.8) is 0 Å². The van der Waals surface area contributed by atoms with Gasteiger partial charge in [0.15, 0.2) is 11.2 Å². The Morgan fingerprint density at radius 3 is 2.16 bits per heavy atom. The van der Waals surface area contributed by atoms with Crippen LogP contribution in [0, 0.1) is 0 Å². The largest absolute Gasteiger partial charge is 0.508 e. The van der Waals surface area contributed by atoms with Crippen LogP contribution in [0.25, 0.3) is 22.6 Å². The molecule has 32 heavy (non-hydrogen) atoms. The molecule has 1 unspecified atom stereocenters. The number of phenols is 1. The fourth-order valence-corrected chi connectivity index (χ4v) is 4.10. The van der Waals surface area contributed by atoms with E-state index in [1.165, 1.54) is 4.57 Å². The van der Waals surface area contributed by atoms with Gasteiger partial charge >= 0.3 is 5.69 Å². The first-order valence-corrected chi connectivity index (χ1v) is 14.8. The first kappa shape index (κ1) is 24.0. The molecule has 2 heterocycles. The highest BCUT2D eigenvalue weighted by molar-refractivity contribution is 6.77. The molecule has 0 bridgehead atoms. The lowest BCUT2D eigenvalue weighted by Crippen LogP contribution is -2.41. The van der Waals surface area contributed by atoms with Crippen molar-refractivity contribution in [2.75, 3.05) is 0 Å². The molecule has 1 aromatic carbocycles. The van der Waals surface area contributed by atoms with E-state index < -0.39 is 8.07 Å². The third-order valence-electron chi connectivity index (χ3n) is 5.81. The summed E-state index contributed by atoms with van der Waals surface area (Å²) in [6.07, 6.45) is 1.42. The van der Waals surface area contributed by atoms with Gasteiger partial charge in [0.1, 0.15) is 18.3 Å². The standard InChI is InChI=1S/C23H34N4O4Si/c1-7-13-25-21-19(22(29)26(14-8-2)23(25)30)27(15-31-16(3)32(4,5)6)20(24-21)17-9-11-18(28)12-10-17/h9-12,16,28H,7-8,13-15H2,1-6H3. The number of imidazole rings is 1. The molecule has 0 fully saturated rings. The topological polar surface area (TPSA) is 91.3 Å². The van der Waals surface area contributed by atoms with Gasteiger partial charge in [-0.3, -0.25) is 18.5 Å². The number of nitrogens with zero attached hydrogens (tertiary/aromatic N) is 4. The first-order valence-electron chi connectivity index (χ1n) is 11.2. The number of ether oxygens (including phenoxy) is 1. The van der Waals surface area contributed by atoms with E-state index in [4.69, 9.17) is 9.72 Å². The van der Waals surface area contributed by atoms with Gasteiger partial charge in [-0.05, 0) is 44.0 Å². The second kappa shape index (κ2) is 9.46. The first-order chi connectivity index (χ1) is 15.1. The molecular weight excluding hydrogens is 424 g/mol. The third-order valence-corrected chi connectivity index (χ3v) is 8.41. The number of rotatable bonds is 9. The van der Waals surface area contributed by atoms with E-state index in [0.29, 0.717) is 36.5 Å². The fourth-order valence-electron chi connectivity index (χ4n) is 3.53. The molecule has 1 N–H and O–H groups in total. The average Bonchev–Trinajstić information content (AvgIpc) is 3.11. The monoisotopic (exact) mass is 458 g/mol. The van der Waals surface area contributed by atoms with Gasteiger partial charge in [-0.25, -0.2) is 9.78 Å². The smallest absolute Gasteiger partial charge is 0.332 e. The Labute approximate surface area is 189 Å². The second-order valence-corrected chi connectivity index (χ2v) is 14.8. The van der Waals surface area contributed by atoms with Crippen molar-refractivity contribution in [2.24, 2.45) is 0 Å². The molecule has 3 rings (SSSR count). The van der Waals surface area contributed by atoms with E-state index in [2.05, 4.69) is 26.6 Å². The van der Waals surface area contributed by atoms with E-state index in [-0.39, 0.29) is 29.5 Å². The van der Waals surface area contributed by atoms with Crippen molar-refractivity contribution >= 4 is 19.2 Å². The molecule has 0 aliphatic carbocycles. The molecule has 0 saturated heterocycles. The number of hydrogen-bond acceptors (Lipinski definition) is 5. The lowest BCUT2D eigenvalue weighted by molar-refractivity contribution is 0.0597. The Kier molecular flexibility index (Phi) is 7.09. The Balaban J connectivity index is 2.32. The van der Waals surface area contributed by atoms with Crippen molar-refractivity contribution in [3.05, 3.63) is 45.1 Å². The van der Waals surface area contributed by atoms with Crippen molar-refractivity contribution < 1.29 is 9.84 Å². The molecule has 0 saturated carbocycles. The number of aryl methyl sites for hydroxylation is 1. The summed E-state index contributed by atoms with van der Waals surface area (Å²) in [6, 6.07) is 6.67. The van der Waals surface area contributed by atoms with Crippen molar-refractivity contribution in [2.45, 2.75) is 78.8 Å². The van der Waals surface area contributed by atoms with Crippen molar-refractivity contribution in [1.29, 1.82) is 0 Å². The zero-order valence-corrected chi connectivity index (χ0v) is 20.9. The zero-order valence-electron chi connectivity index (χ0n) is 19.9. The lowest BCUT2D eigenvalue weighted by Gasteiger charge is -2.26. The predicted molar refractivity (Wildman–Crippen MR) is 130 cm³/mol. The van der Waals surface area contributed by atoms with Gasteiger partial charge in [-0.2, -0.15) is 0 Å². The van der Waals surface area contributed by atoms with E-state index in [0.717, 1.165) is 12.0 Å². The minimum atomic E-state index is -1.56. The van der Waals surface area contributed by atoms with Crippen LogP contribution in [0.1, 0.15) is 33.6 Å². The highest BCUT2D eigenvalue weighted by Gasteiger charge is 2.26. The van der Waals surface area contributed by atoms with Crippen LogP contribution in [0.4, 0.5) is 0 Å². The predicted octanol–water partition coefficient (Wildman–Crippen LogP) is 3.79. The maximum atomic E-state index is 13.5. The summed E-state index contributed by atoms with van der Waals surface area (Å²) in [6.45, 7) is 13.7. The maximum Gasteiger partial charge on any atom is 0.332 e. The van der Waals surface area contributed by atoms with Gasteiger partial charge < -0.3 is 9.84 Å². The molecule has 3 aromatic rings. The number of hydrogen-bond donors (Lipinski definition) is 1. The van der Waals surface area contributed by atoms with Crippen LogP contribution in [0.3, 0.4) is 0 Å². The van der Waals surface area contributed by atoms with E-state index >= 15 is 0 Å². The van der Waals surface area contributed by atoms with Gasteiger partial charge in [0.2, 0.25) is 0 Å². The Bertz CT molecular complexity index is 1200. The summed E-state index contributed by atoms with van der Waals surface area (Å²) in [5.41, 5.74) is 0.872. The molecule has 0 spiro atoms. The molecule has 8 nitrogen and oxygen atoms in total. The summed E-state index contributed by atoms with van der Waals surface area (Å²) in [7, 11) is -1.56. The summed E-state index contributed by atoms with van der Waals surface area (Å²) < 4.78 is 10.9. The van der Waals surface area contributed by atoms with E-state index in [1.54, 1.807) is 33.4 Å². The van der Waals surface area contributed by atoms with E-state index in [1.807, 2.05) is 13.8 Å². The quantitative estimate of drug-likeness (QED) is 0.493. The van der Waals surface area contributed by atoms with Gasteiger partial charge in [0.05, 0.1) is 8.07 Å². The normalized spacial score (nSPS) is 13.1. The van der Waals surface area contributed by atoms with Crippen LogP contribution in [-0.4, -0.2) is 37.6 Å². The van der Waals surface area contributed by atoms with Crippen LogP contribution in [0.5, 0.6) is 5.75 Å². The van der Waals surface area contributed by atoms with Crippen LogP contribution in [-0.2, 0) is 24.6 Å². The van der Waals surface area contributed by atoms with Crippen LogP contribution in [0.15, 0.2) is 33.9 Å². The Hall–Kier alpha value is -2.65. The van der Waals surface area contributed by atoms with Crippen LogP contribution in [0.2, 0.25) is 19.6 Å².